The third-order valence-electron chi connectivity index (χ3n) is 10.3. The minimum absolute atomic E-state index is 0.103. The molecule has 8 heteroatoms. The van der Waals surface area contributed by atoms with Crippen LogP contribution in [0.4, 0.5) is 4.79 Å². The van der Waals surface area contributed by atoms with Crippen molar-refractivity contribution in [3.05, 3.63) is 71.8 Å². The fourth-order valence-corrected chi connectivity index (χ4v) is 7.80. The number of ketones is 2. The third kappa shape index (κ3) is 8.32. The van der Waals surface area contributed by atoms with Crippen molar-refractivity contribution < 1.29 is 28.7 Å². The van der Waals surface area contributed by atoms with Gasteiger partial charge in [0.05, 0.1) is 0 Å². The summed E-state index contributed by atoms with van der Waals surface area (Å²) >= 11 is 0. The maximum absolute atomic E-state index is 13.0. The Morgan fingerprint density at radius 3 is 2.29 bits per heavy atom. The predicted octanol–water partition coefficient (Wildman–Crippen LogP) is 7.81. The standard InChI is InChI=1S/C40H48N2O6/c1-40(2,3)48-39(46)42-33-10-4-7-26(33)8-6-12-36(43)27-15-13-25(14-16-27)28-17-18-30-22-32(20-19-29(30)21-28)37(44)24-47-38(45)35-23-31-9-5-11-34(31)41-35/h13-22,26,31,33-35,41H,4-12,23-24H2,1-3H3,(H,42,46). The van der Waals surface area contributed by atoms with Gasteiger partial charge in [-0.15, -0.1) is 0 Å². The van der Waals surface area contributed by atoms with Crippen molar-refractivity contribution in [1.82, 2.24) is 10.6 Å². The summed E-state index contributed by atoms with van der Waals surface area (Å²) in [5.74, 6) is 0.495. The van der Waals surface area contributed by atoms with Crippen LogP contribution in [0.2, 0.25) is 0 Å². The number of hydrogen-bond donors (Lipinski definition) is 2. The Kier molecular flexibility index (Phi) is 10.3. The fourth-order valence-electron chi connectivity index (χ4n) is 7.80. The molecule has 2 saturated carbocycles. The van der Waals surface area contributed by atoms with Crippen molar-refractivity contribution in [3.8, 4) is 11.1 Å². The number of benzene rings is 3. The molecule has 5 unspecified atom stereocenters. The van der Waals surface area contributed by atoms with Crippen LogP contribution in [0.3, 0.4) is 0 Å². The van der Waals surface area contributed by atoms with Crippen LogP contribution in [0.15, 0.2) is 60.7 Å². The van der Waals surface area contributed by atoms with Gasteiger partial charge in [0.25, 0.3) is 0 Å². The fraction of sp³-hybridized carbons (Fsp3) is 0.500. The molecular formula is C40H48N2O6. The average Bonchev–Trinajstić information content (AvgIpc) is 3.80. The van der Waals surface area contributed by atoms with E-state index in [0.29, 0.717) is 35.4 Å². The zero-order valence-electron chi connectivity index (χ0n) is 28.4. The minimum atomic E-state index is -0.522. The van der Waals surface area contributed by atoms with E-state index in [1.165, 1.54) is 6.42 Å². The summed E-state index contributed by atoms with van der Waals surface area (Å²) in [4.78, 5) is 50.6. The van der Waals surface area contributed by atoms with E-state index in [-0.39, 0.29) is 42.3 Å². The van der Waals surface area contributed by atoms with E-state index in [0.717, 1.165) is 73.3 Å². The quantitative estimate of drug-likeness (QED) is 0.161. The number of rotatable bonds is 11. The number of carbonyl (C=O) groups is 4. The van der Waals surface area contributed by atoms with Crippen LogP contribution in [-0.4, -0.2) is 54.0 Å². The Hall–Kier alpha value is -4.04. The van der Waals surface area contributed by atoms with Crippen molar-refractivity contribution in [2.24, 2.45) is 11.8 Å². The van der Waals surface area contributed by atoms with Crippen molar-refractivity contribution in [3.63, 3.8) is 0 Å². The van der Waals surface area contributed by atoms with Gasteiger partial charge in [-0.2, -0.15) is 0 Å². The first-order chi connectivity index (χ1) is 23.0. The Labute approximate surface area is 283 Å². The number of carbonyl (C=O) groups excluding carboxylic acids is 4. The molecule has 2 aliphatic carbocycles. The van der Waals surface area contributed by atoms with Crippen molar-refractivity contribution in [2.45, 2.75) is 109 Å². The highest BCUT2D eigenvalue weighted by Gasteiger charge is 2.40. The van der Waals surface area contributed by atoms with Crippen LogP contribution in [-0.2, 0) is 14.3 Å². The lowest BCUT2D eigenvalue weighted by atomic mass is 9.94. The first kappa shape index (κ1) is 33.8. The van der Waals surface area contributed by atoms with Crippen molar-refractivity contribution in [1.29, 1.82) is 0 Å². The molecule has 3 aliphatic rings. The number of Topliss-reactive ketones (excluding diaryl/α,β-unsaturated/α-hetero) is 2. The normalized spacial score (nSPS) is 23.5. The Morgan fingerprint density at radius 1 is 0.812 bits per heavy atom. The van der Waals surface area contributed by atoms with Crippen LogP contribution in [0.25, 0.3) is 21.9 Å². The highest BCUT2D eigenvalue weighted by atomic mass is 16.6. The van der Waals surface area contributed by atoms with Gasteiger partial charge in [-0.3, -0.25) is 14.4 Å². The molecule has 1 saturated heterocycles. The Balaban J connectivity index is 0.981. The molecule has 1 aliphatic heterocycles. The van der Waals surface area contributed by atoms with E-state index in [4.69, 9.17) is 9.47 Å². The number of alkyl carbamates (subject to hydrolysis) is 1. The summed E-state index contributed by atoms with van der Waals surface area (Å²) in [7, 11) is 0. The molecule has 5 atom stereocenters. The van der Waals surface area contributed by atoms with Crippen molar-refractivity contribution >= 4 is 34.4 Å². The molecule has 1 amide bonds. The molecule has 1 heterocycles. The van der Waals surface area contributed by atoms with Crippen LogP contribution >= 0.6 is 0 Å². The SMILES string of the molecule is CC(C)(C)OC(=O)NC1CCCC1CCCC(=O)c1ccc(-c2ccc3cc(C(=O)COC(=O)C4CC5CCCC5N4)ccc3c2)cc1. The molecule has 0 aromatic heterocycles. The van der Waals surface area contributed by atoms with E-state index in [2.05, 4.69) is 16.7 Å². The summed E-state index contributed by atoms with van der Waals surface area (Å²) in [6.07, 6.45) is 9.15. The predicted molar refractivity (Wildman–Crippen MR) is 186 cm³/mol. The second-order valence-corrected chi connectivity index (χ2v) is 14.9. The van der Waals surface area contributed by atoms with Gasteiger partial charge in [0.15, 0.2) is 18.2 Å². The van der Waals surface area contributed by atoms with E-state index < -0.39 is 5.60 Å². The van der Waals surface area contributed by atoms with Gasteiger partial charge in [0.1, 0.15) is 11.6 Å². The average molecular weight is 653 g/mol. The van der Waals surface area contributed by atoms with Gasteiger partial charge in [-0.25, -0.2) is 4.79 Å². The summed E-state index contributed by atoms with van der Waals surface area (Å²) in [5, 5.41) is 8.34. The maximum Gasteiger partial charge on any atom is 0.407 e. The molecule has 3 aromatic carbocycles. The lowest BCUT2D eigenvalue weighted by molar-refractivity contribution is -0.144. The Morgan fingerprint density at radius 2 is 1.52 bits per heavy atom. The summed E-state index contributed by atoms with van der Waals surface area (Å²) < 4.78 is 10.8. The molecule has 3 fully saturated rings. The second-order valence-electron chi connectivity index (χ2n) is 14.9. The summed E-state index contributed by atoms with van der Waals surface area (Å²) in [5.41, 5.74) is 2.72. The number of ether oxygens (including phenoxy) is 2. The lowest BCUT2D eigenvalue weighted by Crippen LogP contribution is -2.40. The largest absolute Gasteiger partial charge is 0.456 e. The smallest absolute Gasteiger partial charge is 0.407 e. The first-order valence-electron chi connectivity index (χ1n) is 17.7. The highest BCUT2D eigenvalue weighted by molar-refractivity contribution is 6.02. The molecule has 0 bridgehead atoms. The number of amides is 1. The van der Waals surface area contributed by atoms with E-state index >= 15 is 0 Å². The zero-order valence-corrected chi connectivity index (χ0v) is 28.4. The second kappa shape index (κ2) is 14.6. The maximum atomic E-state index is 13.0. The van der Waals surface area contributed by atoms with E-state index in [1.807, 2.05) is 69.3 Å². The van der Waals surface area contributed by atoms with Crippen LogP contribution in [0.1, 0.15) is 106 Å². The molecule has 0 spiro atoms. The van der Waals surface area contributed by atoms with Crippen molar-refractivity contribution in [2.75, 3.05) is 6.61 Å². The van der Waals surface area contributed by atoms with Gasteiger partial charge in [-0.1, -0.05) is 61.4 Å². The molecule has 0 radical (unpaired) electrons. The number of esters is 1. The van der Waals surface area contributed by atoms with E-state index in [9.17, 15) is 19.2 Å². The van der Waals surface area contributed by atoms with Gasteiger partial charge in [0, 0.05) is 29.6 Å². The number of nitrogens with one attached hydrogen (secondary N) is 2. The van der Waals surface area contributed by atoms with Gasteiger partial charge in [0.2, 0.25) is 0 Å². The molecule has 8 nitrogen and oxygen atoms in total. The van der Waals surface area contributed by atoms with Crippen LogP contribution < -0.4 is 10.6 Å². The highest BCUT2D eigenvalue weighted by Crippen LogP contribution is 2.35. The summed E-state index contributed by atoms with van der Waals surface area (Å²) in [6, 6.07) is 19.6. The monoisotopic (exact) mass is 652 g/mol. The van der Waals surface area contributed by atoms with Crippen LogP contribution in [0.5, 0.6) is 0 Å². The first-order valence-corrected chi connectivity index (χ1v) is 17.7. The molecule has 2 N–H and O–H groups in total. The van der Waals surface area contributed by atoms with Crippen LogP contribution in [0, 0.1) is 11.8 Å². The zero-order chi connectivity index (χ0) is 33.8. The lowest BCUT2D eigenvalue weighted by Gasteiger charge is -2.24. The summed E-state index contributed by atoms with van der Waals surface area (Å²) in [6.45, 7) is 5.33. The number of fused-ring (bicyclic) bond motifs is 2. The topological polar surface area (TPSA) is 111 Å². The molecular weight excluding hydrogens is 604 g/mol. The van der Waals surface area contributed by atoms with E-state index in [1.54, 1.807) is 6.07 Å². The van der Waals surface area contributed by atoms with Gasteiger partial charge < -0.3 is 20.1 Å². The Bertz CT molecular complexity index is 1650. The molecule has 48 heavy (non-hydrogen) atoms. The van der Waals surface area contributed by atoms with Gasteiger partial charge >= 0.3 is 12.1 Å². The third-order valence-corrected chi connectivity index (χ3v) is 10.3. The minimum Gasteiger partial charge on any atom is -0.456 e. The number of hydrogen-bond acceptors (Lipinski definition) is 7. The van der Waals surface area contributed by atoms with Gasteiger partial charge in [-0.05, 0) is 112 Å². The molecule has 254 valence electrons. The molecule has 3 aromatic rings. The molecule has 6 rings (SSSR count).